The van der Waals surface area contributed by atoms with Gasteiger partial charge in [0, 0.05) is 30.6 Å². The fourth-order valence-corrected chi connectivity index (χ4v) is 6.92. The maximum atomic E-state index is 6.58. The molecular weight excluding hydrogens is 532 g/mol. The van der Waals surface area contributed by atoms with Crippen molar-refractivity contribution in [2.45, 2.75) is 109 Å². The van der Waals surface area contributed by atoms with E-state index in [0.717, 1.165) is 82.7 Å². The van der Waals surface area contributed by atoms with E-state index in [1.165, 1.54) is 22.3 Å². The number of methoxy groups -OCH3 is 1. The molecule has 230 valence electrons. The first-order chi connectivity index (χ1) is 20.0. The van der Waals surface area contributed by atoms with E-state index < -0.39 is 0 Å². The van der Waals surface area contributed by atoms with E-state index in [0.29, 0.717) is 13.2 Å². The van der Waals surface area contributed by atoms with Crippen LogP contribution in [0.2, 0.25) is 0 Å². The smallest absolute Gasteiger partial charge is 0.123 e. The molecule has 0 N–H and O–H groups in total. The van der Waals surface area contributed by atoms with Crippen molar-refractivity contribution in [3.63, 3.8) is 0 Å². The van der Waals surface area contributed by atoms with Crippen molar-refractivity contribution in [1.29, 1.82) is 0 Å². The largest absolute Gasteiger partial charge is 0.496 e. The fraction of sp³-hybridized carbons (Fsp3) is 0.657. The molecule has 0 spiro atoms. The monoisotopic (exact) mass is 586 g/mol. The standard InChI is InChI=1S/C35H54O5S/c1-7-11-18-37-25-34-35(40-20-13-9-3)32(39-19-12-8-2)24-33(41-34)30-23-28(26(5)21-31(30)36-6)22-27-14-16-29(17-15-27)38-10-4/h14-17,21,23,32-35H,7-13,18-20,22,24-25H2,1-6H3/t32-,33-,34-,35+/m1/s1. The van der Waals surface area contributed by atoms with Crippen LogP contribution in [0.25, 0.3) is 0 Å². The fourth-order valence-electron chi connectivity index (χ4n) is 5.28. The van der Waals surface area contributed by atoms with Gasteiger partial charge in [-0.15, -0.1) is 11.8 Å². The predicted molar refractivity (Wildman–Crippen MR) is 172 cm³/mol. The van der Waals surface area contributed by atoms with Crippen molar-refractivity contribution < 1.29 is 23.7 Å². The van der Waals surface area contributed by atoms with Gasteiger partial charge in [0.15, 0.2) is 0 Å². The Kier molecular flexibility index (Phi) is 15.4. The highest BCUT2D eigenvalue weighted by molar-refractivity contribution is 8.00. The van der Waals surface area contributed by atoms with Crippen LogP contribution in [0.1, 0.15) is 100 Å². The first-order valence-corrected chi connectivity index (χ1v) is 16.8. The zero-order chi connectivity index (χ0) is 29.5. The summed E-state index contributed by atoms with van der Waals surface area (Å²) in [5, 5.41) is 0.441. The summed E-state index contributed by atoms with van der Waals surface area (Å²) in [5.41, 5.74) is 5.09. The Bertz CT molecular complexity index is 995. The minimum atomic E-state index is 0.0288. The lowest BCUT2D eigenvalue weighted by molar-refractivity contribution is -0.0889. The van der Waals surface area contributed by atoms with Crippen LogP contribution >= 0.6 is 11.8 Å². The van der Waals surface area contributed by atoms with Crippen LogP contribution in [0.3, 0.4) is 0 Å². The molecule has 1 saturated heterocycles. The van der Waals surface area contributed by atoms with Gasteiger partial charge in [-0.3, -0.25) is 0 Å². The van der Waals surface area contributed by atoms with E-state index >= 15 is 0 Å². The third-order valence-corrected chi connectivity index (χ3v) is 9.27. The summed E-state index contributed by atoms with van der Waals surface area (Å²) < 4.78 is 31.0. The number of rotatable bonds is 19. The number of benzene rings is 2. The summed E-state index contributed by atoms with van der Waals surface area (Å²) in [4.78, 5) is 0. The minimum Gasteiger partial charge on any atom is -0.496 e. The van der Waals surface area contributed by atoms with Gasteiger partial charge in [-0.05, 0) is 80.8 Å². The quantitative estimate of drug-likeness (QED) is 0.153. The van der Waals surface area contributed by atoms with Gasteiger partial charge in [0.1, 0.15) is 11.5 Å². The Morgan fingerprint density at radius 2 is 1.54 bits per heavy atom. The summed E-state index contributed by atoms with van der Waals surface area (Å²) in [6, 6.07) is 13.1. The lowest BCUT2D eigenvalue weighted by Crippen LogP contribution is -2.46. The zero-order valence-corrected chi connectivity index (χ0v) is 27.2. The number of hydrogen-bond donors (Lipinski definition) is 0. The summed E-state index contributed by atoms with van der Waals surface area (Å²) in [6.07, 6.45) is 8.43. The Labute approximate surface area is 254 Å². The van der Waals surface area contributed by atoms with E-state index in [1.54, 1.807) is 7.11 Å². The Morgan fingerprint density at radius 1 is 0.854 bits per heavy atom. The van der Waals surface area contributed by atoms with Crippen LogP contribution in [0.5, 0.6) is 11.5 Å². The summed E-state index contributed by atoms with van der Waals surface area (Å²) in [6.45, 7) is 14.5. The van der Waals surface area contributed by atoms with Crippen molar-refractivity contribution >= 4 is 11.8 Å². The number of ether oxygens (including phenoxy) is 5. The van der Waals surface area contributed by atoms with Gasteiger partial charge >= 0.3 is 0 Å². The molecule has 5 nitrogen and oxygen atoms in total. The predicted octanol–water partition coefficient (Wildman–Crippen LogP) is 8.73. The lowest BCUT2D eigenvalue weighted by atomic mass is 9.93. The molecule has 2 aromatic rings. The number of hydrogen-bond acceptors (Lipinski definition) is 6. The second kappa shape index (κ2) is 18.7. The molecule has 1 aliphatic rings. The van der Waals surface area contributed by atoms with Gasteiger partial charge in [-0.2, -0.15) is 0 Å². The number of thioether (sulfide) groups is 1. The molecule has 1 heterocycles. The molecule has 1 fully saturated rings. The number of aryl methyl sites for hydroxylation is 1. The first-order valence-electron chi connectivity index (χ1n) is 15.9. The minimum absolute atomic E-state index is 0.0288. The van der Waals surface area contributed by atoms with E-state index in [1.807, 2.05) is 18.7 Å². The van der Waals surface area contributed by atoms with Crippen LogP contribution in [-0.4, -0.2) is 57.6 Å². The molecular formula is C35H54O5S. The molecule has 4 atom stereocenters. The highest BCUT2D eigenvalue weighted by Gasteiger charge is 2.41. The second-order valence-corrected chi connectivity index (χ2v) is 12.5. The van der Waals surface area contributed by atoms with Crippen molar-refractivity contribution in [2.24, 2.45) is 0 Å². The van der Waals surface area contributed by atoms with E-state index in [-0.39, 0.29) is 22.7 Å². The molecule has 41 heavy (non-hydrogen) atoms. The summed E-state index contributed by atoms with van der Waals surface area (Å²) >= 11 is 1.98. The van der Waals surface area contributed by atoms with Crippen LogP contribution in [0.4, 0.5) is 0 Å². The first kappa shape index (κ1) is 33.8. The van der Waals surface area contributed by atoms with Gasteiger partial charge in [-0.1, -0.05) is 58.2 Å². The molecule has 0 bridgehead atoms. The van der Waals surface area contributed by atoms with Crippen molar-refractivity contribution in [2.75, 3.05) is 40.1 Å². The van der Waals surface area contributed by atoms with Crippen LogP contribution < -0.4 is 9.47 Å². The van der Waals surface area contributed by atoms with E-state index in [4.69, 9.17) is 23.7 Å². The van der Waals surface area contributed by atoms with Gasteiger partial charge in [0.05, 0.1) is 37.8 Å². The van der Waals surface area contributed by atoms with Crippen molar-refractivity contribution in [1.82, 2.24) is 0 Å². The molecule has 6 heteroatoms. The van der Waals surface area contributed by atoms with Gasteiger partial charge in [0.2, 0.25) is 0 Å². The molecule has 0 radical (unpaired) electrons. The molecule has 0 aliphatic carbocycles. The number of unbranched alkanes of at least 4 members (excludes halogenated alkanes) is 3. The Morgan fingerprint density at radius 3 is 2.20 bits per heavy atom. The molecule has 0 amide bonds. The highest BCUT2D eigenvalue weighted by Crippen LogP contribution is 2.48. The maximum absolute atomic E-state index is 6.58. The molecule has 2 aromatic carbocycles. The highest BCUT2D eigenvalue weighted by atomic mass is 32.2. The molecule has 3 rings (SSSR count). The van der Waals surface area contributed by atoms with Gasteiger partial charge < -0.3 is 23.7 Å². The Hall–Kier alpha value is -1.73. The summed E-state index contributed by atoms with van der Waals surface area (Å²) in [7, 11) is 1.79. The average Bonchev–Trinajstić information content (AvgIpc) is 2.98. The SMILES string of the molecule is CCCCOC[C@H]1S[C@@H](c2cc(Cc3ccc(OCC)cc3)c(C)cc2OC)C[C@@H](OCCCC)[C@@H]1OCCCC. The Balaban J connectivity index is 1.89. The van der Waals surface area contributed by atoms with Crippen LogP contribution in [0.15, 0.2) is 36.4 Å². The molecule has 0 unspecified atom stereocenters. The van der Waals surface area contributed by atoms with Crippen LogP contribution in [0, 0.1) is 6.92 Å². The third kappa shape index (κ3) is 10.5. The second-order valence-electron chi connectivity index (χ2n) is 11.1. The summed E-state index contributed by atoms with van der Waals surface area (Å²) in [5.74, 6) is 1.87. The van der Waals surface area contributed by atoms with Crippen molar-refractivity contribution in [3.05, 3.63) is 58.7 Å². The van der Waals surface area contributed by atoms with Crippen LogP contribution in [-0.2, 0) is 20.6 Å². The topological polar surface area (TPSA) is 46.2 Å². The maximum Gasteiger partial charge on any atom is 0.123 e. The van der Waals surface area contributed by atoms with E-state index in [2.05, 4.69) is 64.1 Å². The normalized spacial score (nSPS) is 20.7. The van der Waals surface area contributed by atoms with Crippen molar-refractivity contribution in [3.8, 4) is 11.5 Å². The zero-order valence-electron chi connectivity index (χ0n) is 26.4. The van der Waals surface area contributed by atoms with E-state index in [9.17, 15) is 0 Å². The lowest BCUT2D eigenvalue weighted by Gasteiger charge is -2.41. The average molecular weight is 587 g/mol. The van der Waals surface area contributed by atoms with Gasteiger partial charge in [-0.25, -0.2) is 0 Å². The third-order valence-electron chi connectivity index (χ3n) is 7.74. The van der Waals surface area contributed by atoms with Gasteiger partial charge in [0.25, 0.3) is 0 Å². The molecule has 0 saturated carbocycles. The molecule has 1 aliphatic heterocycles. The molecule has 0 aromatic heterocycles.